The van der Waals surface area contributed by atoms with Crippen molar-refractivity contribution < 1.29 is 9.47 Å². The number of nitriles is 1. The van der Waals surface area contributed by atoms with Gasteiger partial charge in [0.05, 0.1) is 13.2 Å². The molecule has 1 saturated heterocycles. The Morgan fingerprint density at radius 2 is 1.89 bits per heavy atom. The third-order valence-corrected chi connectivity index (χ3v) is 5.54. The largest absolute Gasteiger partial charge is 0.492 e. The third kappa shape index (κ3) is 3.96. The van der Waals surface area contributed by atoms with Gasteiger partial charge in [0.2, 0.25) is 0 Å². The maximum absolute atomic E-state index is 9.65. The van der Waals surface area contributed by atoms with Gasteiger partial charge in [-0.05, 0) is 48.9 Å². The van der Waals surface area contributed by atoms with Gasteiger partial charge in [-0.1, -0.05) is 12.1 Å². The zero-order valence-electron chi connectivity index (χ0n) is 16.1. The Bertz CT molecular complexity index is 868. The Labute approximate surface area is 165 Å². The molecule has 6 nitrogen and oxygen atoms in total. The lowest BCUT2D eigenvalue weighted by Crippen LogP contribution is -2.38. The zero-order valence-corrected chi connectivity index (χ0v) is 16.1. The molecule has 0 unspecified atom stereocenters. The van der Waals surface area contributed by atoms with Gasteiger partial charge >= 0.3 is 0 Å². The number of morpholine rings is 1. The van der Waals surface area contributed by atoms with Crippen molar-refractivity contribution in [1.82, 2.24) is 9.88 Å². The van der Waals surface area contributed by atoms with Gasteiger partial charge in [0.25, 0.3) is 0 Å². The fraction of sp³-hybridized carbons (Fsp3) is 0.455. The van der Waals surface area contributed by atoms with Gasteiger partial charge in [0, 0.05) is 30.9 Å². The molecule has 6 heteroatoms. The number of aryl methyl sites for hydroxylation is 1. The van der Waals surface area contributed by atoms with Gasteiger partial charge in [-0.2, -0.15) is 5.26 Å². The van der Waals surface area contributed by atoms with E-state index in [2.05, 4.69) is 16.0 Å². The summed E-state index contributed by atoms with van der Waals surface area (Å²) >= 11 is 0. The predicted molar refractivity (Wildman–Crippen MR) is 108 cm³/mol. The molecule has 0 atom stereocenters. The van der Waals surface area contributed by atoms with E-state index in [9.17, 15) is 5.26 Å². The van der Waals surface area contributed by atoms with Gasteiger partial charge in [0.15, 0.2) is 0 Å². The van der Waals surface area contributed by atoms with Crippen LogP contribution in [0, 0.1) is 11.3 Å². The highest BCUT2D eigenvalue weighted by atomic mass is 16.5. The maximum atomic E-state index is 9.65. The number of benzene rings is 1. The second-order valence-electron chi connectivity index (χ2n) is 7.32. The summed E-state index contributed by atoms with van der Waals surface area (Å²) < 4.78 is 11.3. The smallest absolute Gasteiger partial charge is 0.142 e. The Balaban J connectivity index is 1.51. The van der Waals surface area contributed by atoms with Gasteiger partial charge < -0.3 is 15.2 Å². The van der Waals surface area contributed by atoms with Crippen molar-refractivity contribution >= 4 is 5.82 Å². The quantitative estimate of drug-likeness (QED) is 0.861. The first-order chi connectivity index (χ1) is 13.8. The van der Waals surface area contributed by atoms with Gasteiger partial charge in [-0.15, -0.1) is 0 Å². The van der Waals surface area contributed by atoms with Crippen molar-refractivity contribution in [2.45, 2.75) is 25.7 Å². The molecule has 28 heavy (non-hydrogen) atoms. The fourth-order valence-electron chi connectivity index (χ4n) is 4.03. The molecule has 1 aromatic heterocycles. The molecule has 2 aromatic rings. The lowest BCUT2D eigenvalue weighted by Gasteiger charge is -2.26. The molecular formula is C22H26N4O2. The fourth-order valence-corrected chi connectivity index (χ4v) is 4.03. The summed E-state index contributed by atoms with van der Waals surface area (Å²) in [5.41, 5.74) is 10.8. The lowest BCUT2D eigenvalue weighted by molar-refractivity contribution is 0.0322. The molecule has 1 aromatic carbocycles. The molecule has 0 saturated carbocycles. The maximum Gasteiger partial charge on any atom is 0.142 e. The van der Waals surface area contributed by atoms with E-state index in [1.807, 2.05) is 24.3 Å². The summed E-state index contributed by atoms with van der Waals surface area (Å²) in [5.74, 6) is 1.18. The average molecular weight is 378 g/mol. The molecule has 1 aliphatic heterocycles. The topological polar surface area (TPSA) is 84.4 Å². The minimum atomic E-state index is 0.337. The number of fused-ring (bicyclic) bond motifs is 1. The third-order valence-electron chi connectivity index (χ3n) is 5.54. The van der Waals surface area contributed by atoms with Crippen LogP contribution in [0.15, 0.2) is 24.3 Å². The number of hydrogen-bond acceptors (Lipinski definition) is 6. The highest BCUT2D eigenvalue weighted by Crippen LogP contribution is 2.36. The zero-order chi connectivity index (χ0) is 19.3. The van der Waals surface area contributed by atoms with Crippen LogP contribution in [0.4, 0.5) is 5.82 Å². The molecule has 146 valence electrons. The number of ether oxygens (including phenoxy) is 2. The number of hydrogen-bond donors (Lipinski definition) is 1. The van der Waals surface area contributed by atoms with Crippen molar-refractivity contribution in [2.24, 2.45) is 0 Å². The summed E-state index contributed by atoms with van der Waals surface area (Å²) in [7, 11) is 0. The van der Waals surface area contributed by atoms with Crippen LogP contribution in [0.1, 0.15) is 29.7 Å². The Kier molecular flexibility index (Phi) is 5.75. The molecule has 0 bridgehead atoms. The highest BCUT2D eigenvalue weighted by molar-refractivity contribution is 5.79. The molecule has 4 rings (SSSR count). The second-order valence-corrected chi connectivity index (χ2v) is 7.32. The van der Waals surface area contributed by atoms with E-state index in [0.29, 0.717) is 18.0 Å². The summed E-state index contributed by atoms with van der Waals surface area (Å²) in [5, 5.41) is 9.65. The molecule has 2 N–H and O–H groups in total. The first kappa shape index (κ1) is 18.7. The molecule has 2 aliphatic rings. The van der Waals surface area contributed by atoms with Crippen molar-refractivity contribution in [3.05, 3.63) is 41.1 Å². The van der Waals surface area contributed by atoms with Crippen molar-refractivity contribution in [3.8, 4) is 22.9 Å². The van der Waals surface area contributed by atoms with Crippen LogP contribution in [0.5, 0.6) is 5.75 Å². The first-order valence-corrected chi connectivity index (χ1v) is 10.0. The molecule has 1 aliphatic carbocycles. The van der Waals surface area contributed by atoms with Gasteiger partial charge in [0.1, 0.15) is 29.8 Å². The highest BCUT2D eigenvalue weighted by Gasteiger charge is 2.22. The SMILES string of the molecule is N#Cc1c(N)nc2c(c1-c1ccc(OCCN3CCOCC3)cc1)CCCC2. The Morgan fingerprint density at radius 1 is 1.14 bits per heavy atom. The molecule has 2 heterocycles. The lowest BCUT2D eigenvalue weighted by atomic mass is 9.86. The van der Waals surface area contributed by atoms with Crippen LogP contribution in [0.3, 0.4) is 0 Å². The summed E-state index contributed by atoms with van der Waals surface area (Å²) in [6.45, 7) is 5.09. The van der Waals surface area contributed by atoms with Crippen LogP contribution >= 0.6 is 0 Å². The van der Waals surface area contributed by atoms with Crippen molar-refractivity contribution in [2.75, 3.05) is 45.2 Å². The Hall–Kier alpha value is -2.62. The molecule has 1 fully saturated rings. The molecule has 0 radical (unpaired) electrons. The van der Waals surface area contributed by atoms with E-state index in [4.69, 9.17) is 15.2 Å². The molecular weight excluding hydrogens is 352 g/mol. The normalized spacial score (nSPS) is 17.0. The van der Waals surface area contributed by atoms with Crippen LogP contribution in [0.25, 0.3) is 11.1 Å². The van der Waals surface area contributed by atoms with Gasteiger partial charge in [-0.25, -0.2) is 4.98 Å². The molecule has 0 amide bonds. The number of anilines is 1. The van der Waals surface area contributed by atoms with Crippen LogP contribution < -0.4 is 10.5 Å². The number of nitrogen functional groups attached to an aromatic ring is 1. The summed E-state index contributed by atoms with van der Waals surface area (Å²) in [6, 6.07) is 10.3. The predicted octanol–water partition coefficient (Wildman–Crippen LogP) is 2.79. The summed E-state index contributed by atoms with van der Waals surface area (Å²) in [6.07, 6.45) is 4.13. The number of nitrogens with zero attached hydrogens (tertiary/aromatic N) is 3. The minimum absolute atomic E-state index is 0.337. The van der Waals surface area contributed by atoms with Gasteiger partial charge in [-0.3, -0.25) is 4.90 Å². The van der Waals surface area contributed by atoms with Crippen molar-refractivity contribution in [1.29, 1.82) is 5.26 Å². The van der Waals surface area contributed by atoms with E-state index >= 15 is 0 Å². The average Bonchev–Trinajstić information content (AvgIpc) is 2.74. The number of nitrogens with two attached hydrogens (primary N) is 1. The number of rotatable bonds is 5. The van der Waals surface area contributed by atoms with E-state index in [-0.39, 0.29) is 0 Å². The van der Waals surface area contributed by atoms with E-state index in [1.54, 1.807) is 0 Å². The monoisotopic (exact) mass is 378 g/mol. The van der Waals surface area contributed by atoms with E-state index in [0.717, 1.165) is 81.1 Å². The van der Waals surface area contributed by atoms with E-state index in [1.165, 1.54) is 5.56 Å². The van der Waals surface area contributed by atoms with Crippen LogP contribution in [0.2, 0.25) is 0 Å². The number of aromatic nitrogens is 1. The Morgan fingerprint density at radius 3 is 2.64 bits per heavy atom. The first-order valence-electron chi connectivity index (χ1n) is 10.0. The van der Waals surface area contributed by atoms with E-state index < -0.39 is 0 Å². The minimum Gasteiger partial charge on any atom is -0.492 e. The van der Waals surface area contributed by atoms with Crippen molar-refractivity contribution in [3.63, 3.8) is 0 Å². The number of pyridine rings is 1. The second kappa shape index (κ2) is 8.59. The standard InChI is InChI=1S/C22H26N4O2/c23-15-19-21(18-3-1-2-4-20(18)25-22(19)24)16-5-7-17(8-6-16)28-14-11-26-9-12-27-13-10-26/h5-8H,1-4,9-14H2,(H2,24,25). The molecule has 0 spiro atoms. The summed E-state index contributed by atoms with van der Waals surface area (Å²) in [4.78, 5) is 6.84. The van der Waals surface area contributed by atoms with Crippen LogP contribution in [-0.4, -0.2) is 49.3 Å². The van der Waals surface area contributed by atoms with Crippen LogP contribution in [-0.2, 0) is 17.6 Å².